The van der Waals surface area contributed by atoms with Crippen LogP contribution in [0.4, 0.5) is 5.69 Å². The first-order valence-electron chi connectivity index (χ1n) is 12.4. The van der Waals surface area contributed by atoms with Crippen LogP contribution in [0.15, 0.2) is 103 Å². The van der Waals surface area contributed by atoms with Crippen LogP contribution < -0.4 is 5.32 Å². The predicted octanol–water partition coefficient (Wildman–Crippen LogP) is 9.33. The summed E-state index contributed by atoms with van der Waals surface area (Å²) >= 11 is 0. The molecule has 1 N–H and O–H groups in total. The molecular weight excluding hydrogens is 442 g/mol. The van der Waals surface area contributed by atoms with Crippen LogP contribution in [0.1, 0.15) is 56.2 Å². The largest absolute Gasteiger partial charge is 0.322 e. The molecule has 4 aromatic carbocycles. The Balaban J connectivity index is 0. The fourth-order valence-electron chi connectivity index (χ4n) is 3.11. The SMILES string of the molecule is C=O.CC.CC.Cc1ccc(-c2ccccc2)cc1.Cc1ccc(NC(=O)c2ccccc2)c(C)c1.[HH]. The maximum absolute atomic E-state index is 11.9. The third kappa shape index (κ3) is 11.4. The van der Waals surface area contributed by atoms with Gasteiger partial charge in [0.15, 0.2) is 0 Å². The maximum Gasteiger partial charge on any atom is 0.255 e. The van der Waals surface area contributed by atoms with Gasteiger partial charge in [0.1, 0.15) is 6.79 Å². The smallest absolute Gasteiger partial charge is 0.255 e. The number of carbonyl (C=O) groups is 2. The van der Waals surface area contributed by atoms with Crippen molar-refractivity contribution < 1.29 is 11.0 Å². The van der Waals surface area contributed by atoms with E-state index in [9.17, 15) is 4.79 Å². The molecule has 0 saturated heterocycles. The summed E-state index contributed by atoms with van der Waals surface area (Å²) in [6.07, 6.45) is 0. The molecule has 0 bridgehead atoms. The second-order valence-corrected chi connectivity index (χ2v) is 7.37. The molecule has 0 heterocycles. The third-order valence-corrected chi connectivity index (χ3v) is 4.82. The van der Waals surface area contributed by atoms with Gasteiger partial charge in [0.05, 0.1) is 0 Å². The lowest BCUT2D eigenvalue weighted by molar-refractivity contribution is -0.0980. The predicted molar refractivity (Wildman–Crippen MR) is 159 cm³/mol. The molecule has 0 spiro atoms. The summed E-state index contributed by atoms with van der Waals surface area (Å²) in [7, 11) is 0. The standard InChI is InChI=1S/C15H15NO.C13H12.2C2H6.CH2O.H2/c1-11-8-9-14(12(2)10-11)16-15(17)13-6-4-3-5-7-13;1-11-7-9-13(10-8-11)12-5-3-2-4-6-12;3*1-2;/h3-10H,1-2H3,(H,16,17);2-10H,1H3;2*1-2H3;1H2;1H. The van der Waals surface area contributed by atoms with Crippen LogP contribution in [0, 0.1) is 20.8 Å². The van der Waals surface area contributed by atoms with E-state index < -0.39 is 0 Å². The van der Waals surface area contributed by atoms with Gasteiger partial charge in [-0.15, -0.1) is 0 Å². The molecule has 3 heteroatoms. The molecule has 0 aliphatic carbocycles. The normalized spacial score (nSPS) is 8.75. The van der Waals surface area contributed by atoms with Gasteiger partial charge in [0.2, 0.25) is 0 Å². The summed E-state index contributed by atoms with van der Waals surface area (Å²) in [4.78, 5) is 19.9. The van der Waals surface area contributed by atoms with Crippen molar-refractivity contribution in [3.63, 3.8) is 0 Å². The molecule has 0 aliphatic heterocycles. The van der Waals surface area contributed by atoms with Gasteiger partial charge in [0, 0.05) is 12.7 Å². The van der Waals surface area contributed by atoms with Crippen LogP contribution in [0.25, 0.3) is 11.1 Å². The number of hydrogen-bond acceptors (Lipinski definition) is 2. The number of aryl methyl sites for hydroxylation is 3. The molecule has 192 valence electrons. The number of nitrogens with one attached hydrogen (secondary N) is 1. The Morgan fingerprint density at radius 1 is 0.611 bits per heavy atom. The summed E-state index contributed by atoms with van der Waals surface area (Å²) < 4.78 is 0. The molecule has 0 unspecified atom stereocenters. The van der Waals surface area contributed by atoms with Crippen molar-refractivity contribution in [3.8, 4) is 11.1 Å². The van der Waals surface area contributed by atoms with Crippen LogP contribution in [-0.4, -0.2) is 12.7 Å². The van der Waals surface area contributed by atoms with Gasteiger partial charge in [-0.2, -0.15) is 0 Å². The van der Waals surface area contributed by atoms with Crippen molar-refractivity contribution in [3.05, 3.63) is 125 Å². The van der Waals surface area contributed by atoms with E-state index in [2.05, 4.69) is 66.8 Å². The lowest BCUT2D eigenvalue weighted by atomic mass is 10.0. The molecule has 1 amide bonds. The lowest BCUT2D eigenvalue weighted by Crippen LogP contribution is -2.12. The molecular formula is C33H43NO2. The van der Waals surface area contributed by atoms with E-state index in [1.807, 2.05) is 84.7 Å². The van der Waals surface area contributed by atoms with Crippen LogP contribution in [-0.2, 0) is 4.79 Å². The maximum atomic E-state index is 11.9. The van der Waals surface area contributed by atoms with Gasteiger partial charge in [0.25, 0.3) is 5.91 Å². The van der Waals surface area contributed by atoms with Gasteiger partial charge in [-0.05, 0) is 55.7 Å². The van der Waals surface area contributed by atoms with Crippen molar-refractivity contribution in [2.75, 3.05) is 5.32 Å². The van der Waals surface area contributed by atoms with Gasteiger partial charge < -0.3 is 10.1 Å². The summed E-state index contributed by atoms with van der Waals surface area (Å²) in [6, 6.07) is 34.2. The number of benzene rings is 4. The zero-order valence-electron chi connectivity index (χ0n) is 22.8. The van der Waals surface area contributed by atoms with Crippen LogP contribution >= 0.6 is 0 Å². The molecule has 3 nitrogen and oxygen atoms in total. The second kappa shape index (κ2) is 19.3. The monoisotopic (exact) mass is 485 g/mol. The van der Waals surface area contributed by atoms with E-state index in [-0.39, 0.29) is 7.33 Å². The van der Waals surface area contributed by atoms with E-state index in [1.54, 1.807) is 12.1 Å². The van der Waals surface area contributed by atoms with Gasteiger partial charge in [-0.3, -0.25) is 4.79 Å². The van der Waals surface area contributed by atoms with Crippen molar-refractivity contribution in [2.24, 2.45) is 0 Å². The minimum atomic E-state index is -0.0717. The fourth-order valence-corrected chi connectivity index (χ4v) is 3.11. The highest BCUT2D eigenvalue weighted by molar-refractivity contribution is 6.04. The highest BCUT2D eigenvalue weighted by atomic mass is 16.1. The van der Waals surface area contributed by atoms with Crippen LogP contribution in [0.3, 0.4) is 0 Å². The van der Waals surface area contributed by atoms with Crippen LogP contribution in [0.5, 0.6) is 0 Å². The number of hydrogen-bond donors (Lipinski definition) is 1. The van der Waals surface area contributed by atoms with E-state index in [4.69, 9.17) is 4.79 Å². The third-order valence-electron chi connectivity index (χ3n) is 4.82. The minimum Gasteiger partial charge on any atom is -0.322 e. The Kier molecular flexibility index (Phi) is 17.2. The first kappa shape index (κ1) is 32.0. The average molecular weight is 486 g/mol. The Hall–Kier alpha value is -3.98. The topological polar surface area (TPSA) is 46.2 Å². The molecule has 0 aliphatic rings. The number of anilines is 1. The average Bonchev–Trinajstić information content (AvgIpc) is 2.95. The van der Waals surface area contributed by atoms with Gasteiger partial charge in [-0.25, -0.2) is 0 Å². The molecule has 0 atom stereocenters. The highest BCUT2D eigenvalue weighted by Gasteiger charge is 2.06. The molecule has 0 saturated carbocycles. The van der Waals surface area contributed by atoms with E-state index in [1.165, 1.54) is 22.3 Å². The number of carbonyl (C=O) groups excluding carboxylic acids is 2. The molecule has 0 aromatic heterocycles. The number of rotatable bonds is 3. The van der Waals surface area contributed by atoms with Crippen molar-refractivity contribution >= 4 is 18.4 Å². The number of amides is 1. The molecule has 36 heavy (non-hydrogen) atoms. The van der Waals surface area contributed by atoms with Crippen molar-refractivity contribution in [2.45, 2.75) is 48.5 Å². The summed E-state index contributed by atoms with van der Waals surface area (Å²) in [5, 5.41) is 2.91. The Morgan fingerprint density at radius 3 is 1.56 bits per heavy atom. The summed E-state index contributed by atoms with van der Waals surface area (Å²) in [5.74, 6) is -0.0717. The van der Waals surface area contributed by atoms with E-state index in [0.29, 0.717) is 5.56 Å². The minimum absolute atomic E-state index is 0. The summed E-state index contributed by atoms with van der Waals surface area (Å²) in [5.41, 5.74) is 7.68. The molecule has 0 fully saturated rings. The molecule has 0 radical (unpaired) electrons. The van der Waals surface area contributed by atoms with Crippen molar-refractivity contribution in [1.29, 1.82) is 0 Å². The second-order valence-electron chi connectivity index (χ2n) is 7.37. The van der Waals surface area contributed by atoms with E-state index in [0.717, 1.165) is 11.3 Å². The zero-order chi connectivity index (χ0) is 27.3. The quantitative estimate of drug-likeness (QED) is 0.314. The first-order chi connectivity index (χ1) is 17.5. The lowest BCUT2D eigenvalue weighted by Gasteiger charge is -2.08. The Labute approximate surface area is 219 Å². The van der Waals surface area contributed by atoms with E-state index >= 15 is 0 Å². The fraction of sp³-hybridized carbons (Fsp3) is 0.212. The van der Waals surface area contributed by atoms with Crippen molar-refractivity contribution in [1.82, 2.24) is 0 Å². The van der Waals surface area contributed by atoms with Gasteiger partial charge in [-0.1, -0.05) is 124 Å². The Morgan fingerprint density at radius 2 is 1.06 bits per heavy atom. The van der Waals surface area contributed by atoms with Crippen LogP contribution in [0.2, 0.25) is 0 Å². The Bertz CT molecular complexity index is 1110. The molecule has 4 aromatic rings. The van der Waals surface area contributed by atoms with Gasteiger partial charge >= 0.3 is 0 Å². The molecule has 4 rings (SSSR count). The first-order valence-corrected chi connectivity index (χ1v) is 12.4. The highest BCUT2D eigenvalue weighted by Crippen LogP contribution is 2.19. The summed E-state index contributed by atoms with van der Waals surface area (Å²) in [6.45, 7) is 16.1. The zero-order valence-corrected chi connectivity index (χ0v) is 22.8.